The van der Waals surface area contributed by atoms with Gasteiger partial charge in [-0.05, 0) is 51.2 Å². The van der Waals surface area contributed by atoms with Gasteiger partial charge < -0.3 is 15.5 Å². The van der Waals surface area contributed by atoms with Crippen LogP contribution in [0.4, 0.5) is 17.3 Å². The van der Waals surface area contributed by atoms with E-state index in [1.54, 1.807) is 12.1 Å². The second-order valence-corrected chi connectivity index (χ2v) is 7.65. The van der Waals surface area contributed by atoms with Crippen LogP contribution in [-0.2, 0) is 0 Å². The number of rotatable bonds is 5. The molecule has 28 heavy (non-hydrogen) atoms. The molecule has 1 amide bonds. The number of hydrazine groups is 1. The van der Waals surface area contributed by atoms with Crippen molar-refractivity contribution >= 4 is 46.4 Å². The standard InChI is InChI=1S/C18H23Cl2N7O/c1-26-7-5-12(6-8-26)27(2)17-15(21)16(22-10-23-17)24-25-18(28)13-4-3-11(19)9-14(13)20/h3-4,9-10,12H,5-8,21H2,1-2H3,(H,25,28)(H,22,23,24). The van der Waals surface area contributed by atoms with Crippen molar-refractivity contribution in [2.75, 3.05) is 43.2 Å². The number of amides is 1. The molecule has 3 rings (SSSR count). The largest absolute Gasteiger partial charge is 0.393 e. The third kappa shape index (κ3) is 4.57. The molecule has 2 heterocycles. The van der Waals surface area contributed by atoms with E-state index in [9.17, 15) is 4.79 Å². The van der Waals surface area contributed by atoms with E-state index in [2.05, 4.69) is 37.7 Å². The molecule has 1 aromatic heterocycles. The monoisotopic (exact) mass is 423 g/mol. The van der Waals surface area contributed by atoms with Crippen molar-refractivity contribution in [2.24, 2.45) is 0 Å². The fourth-order valence-electron chi connectivity index (χ4n) is 3.18. The predicted molar refractivity (Wildman–Crippen MR) is 113 cm³/mol. The second kappa shape index (κ2) is 8.81. The number of likely N-dealkylation sites (tertiary alicyclic amines) is 1. The number of benzene rings is 1. The van der Waals surface area contributed by atoms with Crippen LogP contribution in [0.15, 0.2) is 24.5 Å². The summed E-state index contributed by atoms with van der Waals surface area (Å²) in [6, 6.07) is 5.00. The van der Waals surface area contributed by atoms with Crippen LogP contribution in [0.2, 0.25) is 10.0 Å². The molecule has 0 spiro atoms. The van der Waals surface area contributed by atoms with Gasteiger partial charge in [-0.2, -0.15) is 0 Å². The molecule has 10 heteroatoms. The van der Waals surface area contributed by atoms with Crippen molar-refractivity contribution in [1.82, 2.24) is 20.3 Å². The van der Waals surface area contributed by atoms with Gasteiger partial charge in [0.1, 0.15) is 12.0 Å². The lowest BCUT2D eigenvalue weighted by Gasteiger charge is -2.36. The van der Waals surface area contributed by atoms with Gasteiger partial charge in [-0.3, -0.25) is 15.6 Å². The Kier molecular flexibility index (Phi) is 6.43. The molecule has 1 saturated heterocycles. The number of anilines is 3. The summed E-state index contributed by atoms with van der Waals surface area (Å²) in [4.78, 5) is 25.2. The molecule has 1 aliphatic rings. The van der Waals surface area contributed by atoms with Gasteiger partial charge in [0.15, 0.2) is 11.6 Å². The zero-order valence-corrected chi connectivity index (χ0v) is 17.3. The van der Waals surface area contributed by atoms with E-state index in [-0.39, 0.29) is 10.6 Å². The van der Waals surface area contributed by atoms with Crippen LogP contribution in [0.1, 0.15) is 23.2 Å². The Morgan fingerprint density at radius 3 is 2.68 bits per heavy atom. The number of nitrogen functional groups attached to an aromatic ring is 1. The van der Waals surface area contributed by atoms with E-state index in [0.29, 0.717) is 28.4 Å². The molecule has 0 unspecified atom stereocenters. The first-order chi connectivity index (χ1) is 13.4. The van der Waals surface area contributed by atoms with E-state index < -0.39 is 5.91 Å². The number of carbonyl (C=O) groups excluding carboxylic acids is 1. The Morgan fingerprint density at radius 2 is 2.00 bits per heavy atom. The fraction of sp³-hybridized carbons (Fsp3) is 0.389. The maximum absolute atomic E-state index is 12.4. The molecule has 0 aliphatic carbocycles. The number of nitrogens with one attached hydrogen (secondary N) is 2. The topological polar surface area (TPSA) is 99.4 Å². The van der Waals surface area contributed by atoms with Gasteiger partial charge in [-0.15, -0.1) is 0 Å². The first kappa shape index (κ1) is 20.4. The lowest BCUT2D eigenvalue weighted by Crippen LogP contribution is -2.42. The molecule has 0 atom stereocenters. The van der Waals surface area contributed by atoms with Crippen LogP contribution in [0, 0.1) is 0 Å². The zero-order chi connectivity index (χ0) is 20.3. The van der Waals surface area contributed by atoms with Gasteiger partial charge in [-0.25, -0.2) is 9.97 Å². The molecule has 150 valence electrons. The normalized spacial score (nSPS) is 15.3. The molecule has 0 bridgehead atoms. The first-order valence-corrected chi connectivity index (χ1v) is 9.65. The molecular weight excluding hydrogens is 401 g/mol. The lowest BCUT2D eigenvalue weighted by molar-refractivity contribution is 0.0962. The predicted octanol–water partition coefficient (Wildman–Crippen LogP) is 2.65. The van der Waals surface area contributed by atoms with E-state index in [0.717, 1.165) is 25.9 Å². The summed E-state index contributed by atoms with van der Waals surface area (Å²) in [6.07, 6.45) is 3.48. The average molecular weight is 424 g/mol. The fourth-order valence-corrected chi connectivity index (χ4v) is 3.67. The maximum Gasteiger partial charge on any atom is 0.271 e. The Morgan fingerprint density at radius 1 is 1.29 bits per heavy atom. The summed E-state index contributed by atoms with van der Waals surface area (Å²) in [7, 11) is 4.09. The summed E-state index contributed by atoms with van der Waals surface area (Å²) in [6.45, 7) is 2.06. The number of nitrogens with zero attached hydrogens (tertiary/aromatic N) is 4. The Bertz CT molecular complexity index is 856. The van der Waals surface area contributed by atoms with Gasteiger partial charge in [0.05, 0.1) is 10.6 Å². The van der Waals surface area contributed by atoms with Crippen molar-refractivity contribution in [1.29, 1.82) is 0 Å². The van der Waals surface area contributed by atoms with E-state index in [4.69, 9.17) is 28.9 Å². The molecule has 1 aromatic carbocycles. The molecule has 0 saturated carbocycles. The van der Waals surface area contributed by atoms with Crippen LogP contribution < -0.4 is 21.5 Å². The number of halogens is 2. The third-order valence-electron chi connectivity index (χ3n) is 4.90. The van der Waals surface area contributed by atoms with Crippen molar-refractivity contribution < 1.29 is 4.79 Å². The van der Waals surface area contributed by atoms with Crippen LogP contribution in [0.3, 0.4) is 0 Å². The van der Waals surface area contributed by atoms with Crippen molar-refractivity contribution in [3.05, 3.63) is 40.1 Å². The average Bonchev–Trinajstić information content (AvgIpc) is 2.67. The number of carbonyl (C=O) groups is 1. The SMILES string of the molecule is CN1CCC(N(C)c2ncnc(NNC(=O)c3ccc(Cl)cc3Cl)c2N)CC1. The van der Waals surface area contributed by atoms with Gasteiger partial charge in [0.2, 0.25) is 0 Å². The summed E-state index contributed by atoms with van der Waals surface area (Å²) < 4.78 is 0. The highest BCUT2D eigenvalue weighted by Crippen LogP contribution is 2.28. The van der Waals surface area contributed by atoms with E-state index in [1.165, 1.54) is 12.4 Å². The molecule has 0 radical (unpaired) electrons. The lowest BCUT2D eigenvalue weighted by atomic mass is 10.0. The minimum absolute atomic E-state index is 0.255. The van der Waals surface area contributed by atoms with Gasteiger partial charge in [0, 0.05) is 18.1 Å². The van der Waals surface area contributed by atoms with Gasteiger partial charge in [0.25, 0.3) is 5.91 Å². The van der Waals surface area contributed by atoms with Crippen molar-refractivity contribution in [3.63, 3.8) is 0 Å². The van der Waals surface area contributed by atoms with Crippen LogP contribution in [0.25, 0.3) is 0 Å². The van der Waals surface area contributed by atoms with Crippen molar-refractivity contribution in [3.8, 4) is 0 Å². The Hall–Kier alpha value is -2.29. The van der Waals surface area contributed by atoms with Crippen LogP contribution in [0.5, 0.6) is 0 Å². The summed E-state index contributed by atoms with van der Waals surface area (Å²) in [5, 5.41) is 0.710. The highest BCUT2D eigenvalue weighted by atomic mass is 35.5. The van der Waals surface area contributed by atoms with Crippen LogP contribution in [-0.4, -0.2) is 54.0 Å². The van der Waals surface area contributed by atoms with E-state index >= 15 is 0 Å². The van der Waals surface area contributed by atoms with Crippen LogP contribution >= 0.6 is 23.2 Å². The number of hydrogen-bond donors (Lipinski definition) is 3. The highest BCUT2D eigenvalue weighted by molar-refractivity contribution is 6.36. The molecular formula is C18H23Cl2N7O. The molecule has 1 aliphatic heterocycles. The molecule has 1 fully saturated rings. The second-order valence-electron chi connectivity index (χ2n) is 6.81. The number of aromatic nitrogens is 2. The third-order valence-corrected chi connectivity index (χ3v) is 5.45. The zero-order valence-electron chi connectivity index (χ0n) is 15.7. The minimum Gasteiger partial charge on any atom is -0.393 e. The van der Waals surface area contributed by atoms with Gasteiger partial charge >= 0.3 is 0 Å². The summed E-state index contributed by atoms with van der Waals surface area (Å²) in [5.41, 5.74) is 12.2. The number of hydrogen-bond acceptors (Lipinski definition) is 7. The Labute approximate surface area is 174 Å². The van der Waals surface area contributed by atoms with Gasteiger partial charge in [-0.1, -0.05) is 23.2 Å². The quantitative estimate of drug-likeness (QED) is 0.635. The summed E-state index contributed by atoms with van der Waals surface area (Å²) in [5.74, 6) is 0.527. The minimum atomic E-state index is -0.426. The number of piperidine rings is 1. The molecule has 4 N–H and O–H groups in total. The summed E-state index contributed by atoms with van der Waals surface area (Å²) >= 11 is 11.9. The highest BCUT2D eigenvalue weighted by Gasteiger charge is 2.24. The smallest absolute Gasteiger partial charge is 0.271 e. The maximum atomic E-state index is 12.4. The van der Waals surface area contributed by atoms with Crippen molar-refractivity contribution in [2.45, 2.75) is 18.9 Å². The molecule has 2 aromatic rings. The number of nitrogens with two attached hydrogens (primary N) is 1. The Balaban J connectivity index is 1.69. The first-order valence-electron chi connectivity index (χ1n) is 8.90. The molecule has 8 nitrogen and oxygen atoms in total. The van der Waals surface area contributed by atoms with E-state index in [1.807, 2.05) is 7.05 Å².